The van der Waals surface area contributed by atoms with Gasteiger partial charge in [0, 0.05) is 29.6 Å². The number of pyridine rings is 1. The van der Waals surface area contributed by atoms with E-state index in [4.69, 9.17) is 9.47 Å². The number of benzene rings is 1. The van der Waals surface area contributed by atoms with Crippen LogP contribution in [0.4, 0.5) is 8.78 Å². The molecule has 2 aliphatic carbocycles. The van der Waals surface area contributed by atoms with Gasteiger partial charge in [-0.2, -0.15) is 5.26 Å². The summed E-state index contributed by atoms with van der Waals surface area (Å²) in [6, 6.07) is 5.12. The van der Waals surface area contributed by atoms with Gasteiger partial charge < -0.3 is 19.9 Å². The van der Waals surface area contributed by atoms with Crippen LogP contribution in [0.2, 0.25) is 0 Å². The predicted molar refractivity (Wildman–Crippen MR) is 128 cm³/mol. The molecule has 2 aliphatic rings. The summed E-state index contributed by atoms with van der Waals surface area (Å²) < 4.78 is 39.2. The maximum Gasteiger partial charge on any atom is 0.314 e. The fourth-order valence-electron chi connectivity index (χ4n) is 4.30. The lowest BCUT2D eigenvalue weighted by Crippen LogP contribution is -2.50. The van der Waals surface area contributed by atoms with E-state index in [1.54, 1.807) is 20.8 Å². The number of para-hydroxylation sites is 1. The van der Waals surface area contributed by atoms with Gasteiger partial charge in [-0.05, 0) is 51.8 Å². The van der Waals surface area contributed by atoms with Crippen LogP contribution in [0.1, 0.15) is 56.9 Å². The summed E-state index contributed by atoms with van der Waals surface area (Å²) in [6.45, 7) is 5.36. The minimum absolute atomic E-state index is 0.0361. The highest BCUT2D eigenvalue weighted by Crippen LogP contribution is 2.42. The number of hydrogen-bond acceptors (Lipinski definition) is 7. The van der Waals surface area contributed by atoms with E-state index in [2.05, 4.69) is 10.3 Å². The summed E-state index contributed by atoms with van der Waals surface area (Å²) in [7, 11) is 0. The SMILES string of the molecule is CC(C)(C)OC(=O)C1(CNC(=O)c2ncc3c(c2O)=CCC(C#N)(Oc2c(F)cccc2F)C=3)CCC1. The molecule has 1 fully saturated rings. The number of carbonyl (C=O) groups is 2. The predicted octanol–water partition coefficient (Wildman–Crippen LogP) is 2.61. The molecule has 10 heteroatoms. The second-order valence-corrected chi connectivity index (χ2v) is 10.3. The summed E-state index contributed by atoms with van der Waals surface area (Å²) in [5.41, 5.74) is -3.49. The van der Waals surface area contributed by atoms with E-state index in [-0.39, 0.29) is 35.1 Å². The van der Waals surface area contributed by atoms with E-state index in [0.717, 1.165) is 18.6 Å². The standard InChI is InChI=1S/C27H27F2N3O5/c1-25(2,3)37-24(35)26(9-5-10-26)15-32-23(34)20-21(33)17-8-11-27(14-30,12-16(17)13-31-20)36-22-18(28)6-4-7-19(22)29/h4,6-8,12-13,33H,5,9-11,15H2,1-3H3,(H,32,34). The molecule has 37 heavy (non-hydrogen) atoms. The molecule has 8 nitrogen and oxygen atoms in total. The fraction of sp³-hybridized carbons (Fsp3) is 0.407. The summed E-state index contributed by atoms with van der Waals surface area (Å²) in [5.74, 6) is -4.09. The van der Waals surface area contributed by atoms with Gasteiger partial charge in [-0.15, -0.1) is 0 Å². The van der Waals surface area contributed by atoms with Crippen LogP contribution in [0, 0.1) is 28.4 Å². The third kappa shape index (κ3) is 5.12. The van der Waals surface area contributed by atoms with Crippen LogP contribution in [0.5, 0.6) is 11.5 Å². The molecule has 194 valence electrons. The van der Waals surface area contributed by atoms with Gasteiger partial charge in [0.05, 0.1) is 5.41 Å². The average Bonchev–Trinajstić information content (AvgIpc) is 2.80. The maximum atomic E-state index is 14.1. The third-order valence-electron chi connectivity index (χ3n) is 6.46. The Hall–Kier alpha value is -4.00. The largest absolute Gasteiger partial charge is 0.505 e. The molecule has 1 amide bonds. The van der Waals surface area contributed by atoms with Crippen molar-refractivity contribution < 1.29 is 33.0 Å². The second-order valence-electron chi connectivity index (χ2n) is 10.3. The number of ether oxygens (including phenoxy) is 2. The first-order valence-electron chi connectivity index (χ1n) is 11.9. The number of fused-ring (bicyclic) bond motifs is 1. The Morgan fingerprint density at radius 3 is 2.49 bits per heavy atom. The van der Waals surface area contributed by atoms with Crippen molar-refractivity contribution in [1.29, 1.82) is 5.26 Å². The number of hydrogen-bond donors (Lipinski definition) is 2. The number of amides is 1. The molecule has 0 aliphatic heterocycles. The zero-order chi connectivity index (χ0) is 27.0. The highest BCUT2D eigenvalue weighted by atomic mass is 19.1. The van der Waals surface area contributed by atoms with Gasteiger partial charge in [-0.3, -0.25) is 9.59 Å². The van der Waals surface area contributed by atoms with E-state index < -0.39 is 45.7 Å². The molecule has 0 saturated heterocycles. The summed E-state index contributed by atoms with van der Waals surface area (Å²) in [6.07, 6.45) is 5.85. The molecule has 1 atom stereocenters. The normalized spacial score (nSPS) is 19.7. The van der Waals surface area contributed by atoms with Crippen LogP contribution in [-0.2, 0) is 9.53 Å². The Kier molecular flexibility index (Phi) is 6.67. The molecule has 1 saturated carbocycles. The lowest BCUT2D eigenvalue weighted by molar-refractivity contribution is -0.172. The number of rotatable bonds is 6. The average molecular weight is 512 g/mol. The van der Waals surface area contributed by atoms with E-state index in [9.17, 15) is 28.7 Å². The molecule has 2 N–H and O–H groups in total. The molecule has 0 radical (unpaired) electrons. The van der Waals surface area contributed by atoms with Crippen molar-refractivity contribution >= 4 is 24.0 Å². The van der Waals surface area contributed by atoms with Gasteiger partial charge in [0.1, 0.15) is 11.7 Å². The zero-order valence-electron chi connectivity index (χ0n) is 20.7. The molecule has 2 aromatic rings. The number of aromatic nitrogens is 1. The van der Waals surface area contributed by atoms with Crippen LogP contribution in [0.3, 0.4) is 0 Å². The second kappa shape index (κ2) is 9.47. The first-order chi connectivity index (χ1) is 17.4. The third-order valence-corrected chi connectivity index (χ3v) is 6.46. The fourth-order valence-corrected chi connectivity index (χ4v) is 4.30. The molecular weight excluding hydrogens is 484 g/mol. The molecule has 1 unspecified atom stereocenters. The van der Waals surface area contributed by atoms with Crippen molar-refractivity contribution in [3.8, 4) is 17.6 Å². The first kappa shape index (κ1) is 26.1. The lowest BCUT2D eigenvalue weighted by atomic mass is 9.68. The Balaban J connectivity index is 1.56. The lowest BCUT2D eigenvalue weighted by Gasteiger charge is -2.41. The van der Waals surface area contributed by atoms with Crippen molar-refractivity contribution in [3.63, 3.8) is 0 Å². The van der Waals surface area contributed by atoms with Crippen LogP contribution >= 0.6 is 0 Å². The van der Waals surface area contributed by atoms with Crippen LogP contribution in [0.15, 0.2) is 24.4 Å². The maximum absolute atomic E-state index is 14.1. The van der Waals surface area contributed by atoms with Crippen LogP contribution in [0.25, 0.3) is 12.2 Å². The highest BCUT2D eigenvalue weighted by molar-refractivity contribution is 5.95. The number of nitrogens with one attached hydrogen (secondary N) is 1. The van der Waals surface area contributed by atoms with Gasteiger partial charge in [-0.1, -0.05) is 18.6 Å². The number of aromatic hydroxyl groups is 1. The number of esters is 1. The van der Waals surface area contributed by atoms with E-state index >= 15 is 0 Å². The topological polar surface area (TPSA) is 122 Å². The smallest absolute Gasteiger partial charge is 0.314 e. The molecule has 4 rings (SSSR count). The molecule has 1 aromatic carbocycles. The Morgan fingerprint density at radius 1 is 1.24 bits per heavy atom. The molecule has 0 spiro atoms. The zero-order valence-corrected chi connectivity index (χ0v) is 20.7. The summed E-state index contributed by atoms with van der Waals surface area (Å²) in [4.78, 5) is 29.6. The number of halogens is 2. The van der Waals surface area contributed by atoms with Gasteiger partial charge in [0.15, 0.2) is 28.8 Å². The molecular formula is C27H27F2N3O5. The van der Waals surface area contributed by atoms with Crippen molar-refractivity contribution in [2.75, 3.05) is 6.54 Å². The van der Waals surface area contributed by atoms with Crippen molar-refractivity contribution in [3.05, 3.63) is 52.2 Å². The monoisotopic (exact) mass is 511 g/mol. The molecule has 1 heterocycles. The first-order valence-corrected chi connectivity index (χ1v) is 11.9. The van der Waals surface area contributed by atoms with Gasteiger partial charge in [-0.25, -0.2) is 13.8 Å². The number of nitrogens with zero attached hydrogens (tertiary/aromatic N) is 2. The quantitative estimate of drug-likeness (QED) is 0.572. The van der Waals surface area contributed by atoms with E-state index in [1.807, 2.05) is 6.07 Å². The molecule has 1 aromatic heterocycles. The van der Waals surface area contributed by atoms with Crippen LogP contribution in [-0.4, -0.2) is 39.7 Å². The Labute approximate surface area is 212 Å². The Morgan fingerprint density at radius 2 is 1.92 bits per heavy atom. The van der Waals surface area contributed by atoms with Crippen molar-refractivity contribution in [1.82, 2.24) is 10.3 Å². The van der Waals surface area contributed by atoms with Crippen molar-refractivity contribution in [2.24, 2.45) is 5.41 Å². The minimum atomic E-state index is -1.75. The summed E-state index contributed by atoms with van der Waals surface area (Å²) >= 11 is 0. The van der Waals surface area contributed by atoms with Gasteiger partial charge in [0.25, 0.3) is 5.91 Å². The van der Waals surface area contributed by atoms with Gasteiger partial charge in [0.2, 0.25) is 5.60 Å². The number of nitriles is 1. The van der Waals surface area contributed by atoms with E-state index in [0.29, 0.717) is 12.8 Å². The Bertz CT molecular complexity index is 1400. The minimum Gasteiger partial charge on any atom is -0.505 e. The number of carbonyl (C=O) groups excluding carboxylic acids is 2. The van der Waals surface area contributed by atoms with Crippen LogP contribution < -0.4 is 20.5 Å². The van der Waals surface area contributed by atoms with E-state index in [1.165, 1.54) is 24.4 Å². The summed E-state index contributed by atoms with van der Waals surface area (Å²) in [5, 5.41) is 23.7. The van der Waals surface area contributed by atoms with Gasteiger partial charge >= 0.3 is 5.97 Å². The van der Waals surface area contributed by atoms with Crippen molar-refractivity contribution in [2.45, 2.75) is 57.7 Å². The highest BCUT2D eigenvalue weighted by Gasteiger charge is 2.47. The molecule has 0 bridgehead atoms.